The van der Waals surface area contributed by atoms with Crippen molar-refractivity contribution < 1.29 is 18.7 Å². The molecule has 2 rings (SSSR count). The lowest BCUT2D eigenvalue weighted by atomic mass is 10.0. The van der Waals surface area contributed by atoms with Crippen molar-refractivity contribution in [3.63, 3.8) is 0 Å². The zero-order valence-electron chi connectivity index (χ0n) is 9.58. The second-order valence-electron chi connectivity index (χ2n) is 3.94. The Labute approximate surface area is 103 Å². The Morgan fingerprint density at radius 3 is 2.22 bits per heavy atom. The predicted molar refractivity (Wildman–Crippen MR) is 63.5 cm³/mol. The number of hydrogen-bond donors (Lipinski definition) is 1. The van der Waals surface area contributed by atoms with Gasteiger partial charge < -0.3 is 5.11 Å². The average molecular weight is 248 g/mol. The van der Waals surface area contributed by atoms with Crippen LogP contribution in [0.1, 0.15) is 15.9 Å². The maximum absolute atomic E-state index is 13.9. The molecule has 0 atom stereocenters. The molecule has 4 heteroatoms. The lowest BCUT2D eigenvalue weighted by Gasteiger charge is -2.07. The van der Waals surface area contributed by atoms with E-state index in [0.717, 1.165) is 0 Å². The Balaban J connectivity index is 2.55. The Bertz CT molecular complexity index is 604. The summed E-state index contributed by atoms with van der Waals surface area (Å²) in [4.78, 5) is 10.7. The van der Waals surface area contributed by atoms with Crippen molar-refractivity contribution in [2.24, 2.45) is 0 Å². The molecule has 0 radical (unpaired) electrons. The van der Waals surface area contributed by atoms with Crippen LogP contribution in [-0.4, -0.2) is 11.1 Å². The minimum atomic E-state index is -1.08. The zero-order valence-corrected chi connectivity index (χ0v) is 9.58. The summed E-state index contributed by atoms with van der Waals surface area (Å²) in [5, 5.41) is 8.75. The maximum Gasteiger partial charge on any atom is 0.335 e. The molecule has 0 aliphatic carbocycles. The maximum atomic E-state index is 13.9. The molecule has 0 amide bonds. The van der Waals surface area contributed by atoms with Crippen molar-refractivity contribution in [2.75, 3.05) is 0 Å². The van der Waals surface area contributed by atoms with Crippen molar-refractivity contribution in [3.05, 3.63) is 59.2 Å². The lowest BCUT2D eigenvalue weighted by Crippen LogP contribution is -1.97. The first kappa shape index (κ1) is 12.2. The SMILES string of the molecule is Cc1ccc(F)c(-c2ccc(C(=O)O)cc2)c1F. The third-order valence-corrected chi connectivity index (χ3v) is 2.70. The smallest absolute Gasteiger partial charge is 0.335 e. The number of halogens is 2. The topological polar surface area (TPSA) is 37.3 Å². The van der Waals surface area contributed by atoms with Crippen molar-refractivity contribution in [2.45, 2.75) is 6.92 Å². The number of carbonyl (C=O) groups is 1. The molecule has 0 saturated carbocycles. The van der Waals surface area contributed by atoms with Crippen LogP contribution in [0.15, 0.2) is 36.4 Å². The van der Waals surface area contributed by atoms with E-state index in [1.807, 2.05) is 0 Å². The molecule has 0 aliphatic heterocycles. The molecule has 2 nitrogen and oxygen atoms in total. The summed E-state index contributed by atoms with van der Waals surface area (Å²) < 4.78 is 27.5. The summed E-state index contributed by atoms with van der Waals surface area (Å²) in [6.07, 6.45) is 0. The minimum absolute atomic E-state index is 0.0761. The van der Waals surface area contributed by atoms with Crippen LogP contribution in [0.5, 0.6) is 0 Å². The van der Waals surface area contributed by atoms with Gasteiger partial charge in [-0.05, 0) is 36.2 Å². The van der Waals surface area contributed by atoms with E-state index in [4.69, 9.17) is 5.11 Å². The van der Waals surface area contributed by atoms with Gasteiger partial charge in [0.2, 0.25) is 0 Å². The number of hydrogen-bond acceptors (Lipinski definition) is 1. The fourth-order valence-electron chi connectivity index (χ4n) is 1.70. The molecule has 92 valence electrons. The Hall–Kier alpha value is -2.23. The van der Waals surface area contributed by atoms with Crippen LogP contribution in [0.2, 0.25) is 0 Å². The number of carboxylic acid groups (broad SMARTS) is 1. The van der Waals surface area contributed by atoms with E-state index in [1.165, 1.54) is 36.4 Å². The van der Waals surface area contributed by atoms with Crippen LogP contribution in [0.4, 0.5) is 8.78 Å². The predicted octanol–water partition coefficient (Wildman–Crippen LogP) is 3.64. The number of rotatable bonds is 2. The van der Waals surface area contributed by atoms with Gasteiger partial charge in [0, 0.05) is 0 Å². The molecule has 0 heterocycles. The van der Waals surface area contributed by atoms with Gasteiger partial charge in [-0.3, -0.25) is 0 Å². The number of carboxylic acids is 1. The molecule has 0 spiro atoms. The fourth-order valence-corrected chi connectivity index (χ4v) is 1.70. The highest BCUT2D eigenvalue weighted by Crippen LogP contribution is 2.28. The highest BCUT2D eigenvalue weighted by Gasteiger charge is 2.14. The van der Waals surface area contributed by atoms with Crippen molar-refractivity contribution in [3.8, 4) is 11.1 Å². The van der Waals surface area contributed by atoms with E-state index < -0.39 is 17.6 Å². The average Bonchev–Trinajstić information content (AvgIpc) is 2.35. The highest BCUT2D eigenvalue weighted by atomic mass is 19.1. The number of aromatic carboxylic acids is 1. The molecule has 0 aliphatic rings. The van der Waals surface area contributed by atoms with Crippen LogP contribution in [-0.2, 0) is 0 Å². The molecule has 0 unspecified atom stereocenters. The van der Waals surface area contributed by atoms with Gasteiger partial charge >= 0.3 is 5.97 Å². The molecule has 18 heavy (non-hydrogen) atoms. The number of benzene rings is 2. The van der Waals surface area contributed by atoms with Gasteiger partial charge in [0.25, 0.3) is 0 Å². The largest absolute Gasteiger partial charge is 0.478 e. The van der Waals surface area contributed by atoms with Crippen LogP contribution < -0.4 is 0 Å². The lowest BCUT2D eigenvalue weighted by molar-refractivity contribution is 0.0697. The Morgan fingerprint density at radius 2 is 1.67 bits per heavy atom. The van der Waals surface area contributed by atoms with Gasteiger partial charge in [-0.2, -0.15) is 0 Å². The minimum Gasteiger partial charge on any atom is -0.478 e. The summed E-state index contributed by atoms with van der Waals surface area (Å²) in [6.45, 7) is 1.55. The van der Waals surface area contributed by atoms with Crippen LogP contribution in [0, 0.1) is 18.6 Å². The molecule has 0 fully saturated rings. The molecule has 2 aromatic carbocycles. The second kappa shape index (κ2) is 4.56. The third kappa shape index (κ3) is 2.09. The van der Waals surface area contributed by atoms with Gasteiger partial charge in [-0.15, -0.1) is 0 Å². The summed E-state index contributed by atoms with van der Waals surface area (Å²) in [5.74, 6) is -2.37. The summed E-state index contributed by atoms with van der Waals surface area (Å²) in [7, 11) is 0. The third-order valence-electron chi connectivity index (χ3n) is 2.70. The van der Waals surface area contributed by atoms with E-state index in [9.17, 15) is 13.6 Å². The van der Waals surface area contributed by atoms with Gasteiger partial charge in [0.15, 0.2) is 0 Å². The van der Waals surface area contributed by atoms with Crippen molar-refractivity contribution in [1.29, 1.82) is 0 Å². The summed E-state index contributed by atoms with van der Waals surface area (Å²) in [6, 6.07) is 7.98. The first-order valence-corrected chi connectivity index (χ1v) is 5.29. The molecule has 2 aromatic rings. The van der Waals surface area contributed by atoms with Gasteiger partial charge in [0.1, 0.15) is 11.6 Å². The molecule has 0 saturated heterocycles. The standard InChI is InChI=1S/C14H10F2O2/c1-8-2-7-11(15)12(13(8)16)9-3-5-10(6-4-9)14(17)18/h2-7H,1H3,(H,17,18). The van der Waals surface area contributed by atoms with E-state index in [0.29, 0.717) is 11.1 Å². The van der Waals surface area contributed by atoms with Gasteiger partial charge in [0.05, 0.1) is 11.1 Å². The Kier molecular flexibility index (Phi) is 3.10. The first-order valence-electron chi connectivity index (χ1n) is 5.29. The van der Waals surface area contributed by atoms with Crippen molar-refractivity contribution in [1.82, 2.24) is 0 Å². The quantitative estimate of drug-likeness (QED) is 0.880. The monoisotopic (exact) mass is 248 g/mol. The normalized spacial score (nSPS) is 10.4. The fraction of sp³-hybridized carbons (Fsp3) is 0.0714. The van der Waals surface area contributed by atoms with E-state index in [-0.39, 0.29) is 11.1 Å². The molecule has 0 aromatic heterocycles. The van der Waals surface area contributed by atoms with E-state index in [2.05, 4.69) is 0 Å². The van der Waals surface area contributed by atoms with Crippen LogP contribution in [0.25, 0.3) is 11.1 Å². The molecular weight excluding hydrogens is 238 g/mol. The second-order valence-corrected chi connectivity index (χ2v) is 3.94. The zero-order chi connectivity index (χ0) is 13.3. The van der Waals surface area contributed by atoms with Crippen molar-refractivity contribution >= 4 is 5.97 Å². The van der Waals surface area contributed by atoms with Gasteiger partial charge in [-0.25, -0.2) is 13.6 Å². The van der Waals surface area contributed by atoms with E-state index in [1.54, 1.807) is 6.92 Å². The van der Waals surface area contributed by atoms with E-state index >= 15 is 0 Å². The van der Waals surface area contributed by atoms with Crippen LogP contribution >= 0.6 is 0 Å². The molecule has 1 N–H and O–H groups in total. The Morgan fingerprint density at radius 1 is 1.06 bits per heavy atom. The van der Waals surface area contributed by atoms with Gasteiger partial charge in [-0.1, -0.05) is 18.2 Å². The number of aryl methyl sites for hydroxylation is 1. The summed E-state index contributed by atoms with van der Waals surface area (Å²) in [5.41, 5.74) is 0.603. The highest BCUT2D eigenvalue weighted by molar-refractivity contribution is 5.88. The summed E-state index contributed by atoms with van der Waals surface area (Å²) >= 11 is 0. The van der Waals surface area contributed by atoms with Crippen LogP contribution in [0.3, 0.4) is 0 Å². The molecule has 0 bridgehead atoms. The first-order chi connectivity index (χ1) is 8.50. The molecular formula is C14H10F2O2.